The third kappa shape index (κ3) is 6.95. The molecule has 0 fully saturated rings. The first kappa shape index (κ1) is 34.2. The molecule has 0 bridgehead atoms. The van der Waals surface area contributed by atoms with E-state index in [0.29, 0.717) is 0 Å². The van der Waals surface area contributed by atoms with Crippen LogP contribution in [0.1, 0.15) is 47.0 Å². The lowest BCUT2D eigenvalue weighted by Crippen LogP contribution is -2.44. The molecule has 18 heteroatoms. The topological polar surface area (TPSA) is 219 Å². The van der Waals surface area contributed by atoms with Crippen molar-refractivity contribution in [1.29, 1.82) is 0 Å². The lowest BCUT2D eigenvalue weighted by molar-refractivity contribution is 0.0279. The second-order valence-electron chi connectivity index (χ2n) is 7.51. The Labute approximate surface area is 201 Å². The van der Waals surface area contributed by atoms with Gasteiger partial charge in [0, 0.05) is 13.1 Å². The number of hydroxylamine groups is 3. The number of hydrogen-bond donors (Lipinski definition) is 2. The van der Waals surface area contributed by atoms with Crippen molar-refractivity contribution in [2.75, 3.05) is 47.4 Å². The van der Waals surface area contributed by atoms with Crippen molar-refractivity contribution in [2.45, 2.75) is 57.6 Å². The van der Waals surface area contributed by atoms with Crippen LogP contribution in [0.4, 0.5) is 0 Å². The Bertz CT molecular complexity index is 744. The fourth-order valence-electron chi connectivity index (χ4n) is 3.22. The number of nitrogens with two attached hydrogens (primary N) is 2. The van der Waals surface area contributed by atoms with Crippen LogP contribution in [-0.2, 0) is 31.8 Å². The molecule has 0 aliphatic rings. The van der Waals surface area contributed by atoms with E-state index in [4.69, 9.17) is 29.6 Å². The van der Waals surface area contributed by atoms with Crippen LogP contribution in [0.3, 0.4) is 0 Å². The van der Waals surface area contributed by atoms with Crippen molar-refractivity contribution in [3.8, 4) is 0 Å². The summed E-state index contributed by atoms with van der Waals surface area (Å²) in [6.45, 7) is 4.93. The van der Waals surface area contributed by atoms with E-state index in [1.165, 1.54) is 20.8 Å². The Hall–Kier alpha value is 0.210. The molecule has 0 aromatic heterocycles. The van der Waals surface area contributed by atoms with Gasteiger partial charge in [-0.05, 0) is 47.3 Å². The summed E-state index contributed by atoms with van der Waals surface area (Å²) < 4.78 is 62.9. The van der Waals surface area contributed by atoms with Crippen LogP contribution >= 0.6 is 22.8 Å². The minimum atomic E-state index is -4.85. The van der Waals surface area contributed by atoms with E-state index in [1.807, 2.05) is 0 Å². The van der Waals surface area contributed by atoms with Gasteiger partial charge in [-0.2, -0.15) is 0 Å². The smallest absolute Gasteiger partial charge is 0.476 e. The molecule has 0 aliphatic carbocycles. The first-order chi connectivity index (χ1) is 15.5. The average molecular weight is 554 g/mol. The van der Waals surface area contributed by atoms with Gasteiger partial charge in [0.2, 0.25) is 7.44 Å². The molecule has 0 aromatic carbocycles. The summed E-state index contributed by atoms with van der Waals surface area (Å²) in [4.78, 5) is -0.179. The van der Waals surface area contributed by atoms with Gasteiger partial charge in [-0.15, -0.1) is 0 Å². The predicted octanol–water partition coefficient (Wildman–Crippen LogP) is 3.40. The van der Waals surface area contributed by atoms with Crippen LogP contribution in [0.5, 0.6) is 0 Å². The third-order valence-corrected chi connectivity index (χ3v) is 13.5. The molecule has 0 aromatic rings. The van der Waals surface area contributed by atoms with Gasteiger partial charge < -0.3 is 41.6 Å². The van der Waals surface area contributed by atoms with Crippen LogP contribution in [-0.4, -0.2) is 72.6 Å². The molecule has 0 aliphatic heterocycles. The molecule has 206 valence electrons. The van der Waals surface area contributed by atoms with Gasteiger partial charge in [-0.25, -0.2) is 4.57 Å². The first-order valence-corrected chi connectivity index (χ1v) is 15.3. The molecule has 15 nitrogen and oxygen atoms in total. The van der Waals surface area contributed by atoms with Crippen LogP contribution in [0.15, 0.2) is 0 Å². The molecule has 4 N–H and O–H groups in total. The molecular formula is C16H39N5O10P3-3. The Morgan fingerprint density at radius 2 is 1.18 bits per heavy atom. The van der Waals surface area contributed by atoms with E-state index >= 15 is 0 Å². The minimum Gasteiger partial charge on any atom is -0.779 e. The zero-order valence-electron chi connectivity index (χ0n) is 20.9. The molecule has 0 spiro atoms. The second-order valence-corrected chi connectivity index (χ2v) is 14.9. The first-order valence-electron chi connectivity index (χ1n) is 10.7. The van der Waals surface area contributed by atoms with Gasteiger partial charge in [0.25, 0.3) is 7.52 Å². The molecule has 2 unspecified atom stereocenters. The van der Waals surface area contributed by atoms with Crippen molar-refractivity contribution >= 4 is 22.8 Å². The average Bonchev–Trinajstić information content (AvgIpc) is 2.78. The van der Waals surface area contributed by atoms with E-state index in [0.717, 1.165) is 28.1 Å². The Balaban J connectivity index is 6.86. The van der Waals surface area contributed by atoms with E-state index in [2.05, 4.69) is 0 Å². The summed E-state index contributed by atoms with van der Waals surface area (Å²) in [5, 5.41) is 32.9. The van der Waals surface area contributed by atoms with E-state index in [1.54, 1.807) is 0 Å². The van der Waals surface area contributed by atoms with Crippen molar-refractivity contribution in [3.63, 3.8) is 0 Å². The van der Waals surface area contributed by atoms with Crippen LogP contribution in [0, 0.1) is 15.6 Å². The third-order valence-electron chi connectivity index (χ3n) is 5.36. The van der Waals surface area contributed by atoms with E-state index < -0.39 is 33.5 Å². The lowest BCUT2D eigenvalue weighted by atomic mass is 10.2. The maximum atomic E-state index is 14.3. The predicted molar refractivity (Wildman–Crippen MR) is 130 cm³/mol. The zero-order valence-corrected chi connectivity index (χ0v) is 23.6. The number of nitrogens with zero attached hydrogens (tertiary/aromatic N) is 3. The monoisotopic (exact) mass is 554 g/mol. The number of hydrogen-bond acceptors (Lipinski definition) is 12. The maximum absolute atomic E-state index is 14.3. The standard InChI is InChI=1S/C16H39N5O10P3/c1-8-15(4,32(25,19(5)22)20(6)23)30-33(26,21(7)24)16(9-2,10-3)31-34(27,28-13-11-17)29-14-12-18/h8-14,17-18H2,1-7H3/q-3. The molecule has 0 radical (unpaired) electrons. The fraction of sp³-hybridized carbons (Fsp3) is 1.00. The summed E-state index contributed by atoms with van der Waals surface area (Å²) in [5.41, 5.74) is 10.8. The molecule has 34 heavy (non-hydrogen) atoms. The van der Waals surface area contributed by atoms with Crippen molar-refractivity contribution in [3.05, 3.63) is 15.6 Å². The second kappa shape index (κ2) is 13.7. The molecule has 2 atom stereocenters. The highest BCUT2D eigenvalue weighted by molar-refractivity contribution is 7.63. The van der Waals surface area contributed by atoms with Gasteiger partial charge in [0.15, 0.2) is 10.7 Å². The summed E-state index contributed by atoms with van der Waals surface area (Å²) >= 11 is 0. The SMILES string of the molecule is CCC(CC)(OP(=O)(OCCN)OCCN)P(=O)(OC(C)(CC)P(=O)(N(C)[O-])N(C)[O-])N(C)[O-]. The van der Waals surface area contributed by atoms with Crippen molar-refractivity contribution in [1.82, 2.24) is 14.5 Å². The number of rotatable bonds is 18. The van der Waals surface area contributed by atoms with E-state index in [9.17, 15) is 29.3 Å². The molecule has 0 saturated heterocycles. The minimum absolute atomic E-state index is 0.0376. The summed E-state index contributed by atoms with van der Waals surface area (Å²) in [6, 6.07) is 0. The highest BCUT2D eigenvalue weighted by atomic mass is 31.2. The molecule has 0 rings (SSSR count). The molecule has 0 saturated carbocycles. The highest BCUT2D eigenvalue weighted by Gasteiger charge is 2.59. The van der Waals surface area contributed by atoms with Crippen molar-refractivity contribution < 1.29 is 31.8 Å². The zero-order chi connectivity index (χ0) is 27.0. The van der Waals surface area contributed by atoms with Crippen LogP contribution in [0.25, 0.3) is 0 Å². The van der Waals surface area contributed by atoms with Gasteiger partial charge in [-0.3, -0.25) is 27.2 Å². The normalized spacial score (nSPS) is 17.4. The van der Waals surface area contributed by atoms with Gasteiger partial charge in [0.05, 0.1) is 13.2 Å². The number of phosphoric acid groups is 1. The lowest BCUT2D eigenvalue weighted by Gasteiger charge is -2.55. The largest absolute Gasteiger partial charge is 0.779 e. The molecular weight excluding hydrogens is 515 g/mol. The highest BCUT2D eigenvalue weighted by Crippen LogP contribution is 2.75. The van der Waals surface area contributed by atoms with Crippen LogP contribution < -0.4 is 11.5 Å². The van der Waals surface area contributed by atoms with E-state index in [-0.39, 0.29) is 60.1 Å². The van der Waals surface area contributed by atoms with Gasteiger partial charge in [-0.1, -0.05) is 20.8 Å². The summed E-state index contributed by atoms with van der Waals surface area (Å²) in [6.07, 6.45) is -0.671. The van der Waals surface area contributed by atoms with Crippen molar-refractivity contribution in [2.24, 2.45) is 11.5 Å². The Kier molecular flexibility index (Phi) is 13.8. The Morgan fingerprint density at radius 1 is 0.765 bits per heavy atom. The van der Waals surface area contributed by atoms with Gasteiger partial charge >= 0.3 is 7.82 Å². The van der Waals surface area contributed by atoms with Crippen LogP contribution in [0.2, 0.25) is 0 Å². The number of phosphoric ester groups is 1. The fourth-order valence-corrected chi connectivity index (χ4v) is 10.4. The summed E-state index contributed by atoms with van der Waals surface area (Å²) in [7, 11) is -11.4. The quantitative estimate of drug-likeness (QED) is 0.183. The maximum Gasteiger partial charge on any atom is 0.476 e. The Morgan fingerprint density at radius 3 is 1.44 bits per heavy atom. The van der Waals surface area contributed by atoms with Gasteiger partial charge in [0.1, 0.15) is 0 Å². The summed E-state index contributed by atoms with van der Waals surface area (Å²) in [5.74, 6) is 0. The molecule has 0 heterocycles. The molecule has 0 amide bonds.